The highest BCUT2D eigenvalue weighted by molar-refractivity contribution is 9.09. The molecule has 17 heavy (non-hydrogen) atoms. The largest absolute Gasteiger partial charge is 0.465 e. The normalized spacial score (nSPS) is 10.2. The predicted octanol–water partition coefficient (Wildman–Crippen LogP) is 4.62. The second-order valence-electron chi connectivity index (χ2n) is 4.31. The van der Waals surface area contributed by atoms with Crippen LogP contribution in [0, 0.1) is 0 Å². The standard InChI is InChI=1S/C14H25BrO2/c1-3-13(2)12-14(16)17-11-9-7-5-4-6-8-10-15/h2-12H2,1H3. The average Bonchev–Trinajstić information content (AvgIpc) is 2.32. The highest BCUT2D eigenvalue weighted by Gasteiger charge is 2.03. The number of halogens is 1. The van der Waals surface area contributed by atoms with E-state index in [1.54, 1.807) is 0 Å². The summed E-state index contributed by atoms with van der Waals surface area (Å²) in [6.45, 7) is 6.36. The summed E-state index contributed by atoms with van der Waals surface area (Å²) >= 11 is 3.42. The molecule has 0 aliphatic heterocycles. The van der Waals surface area contributed by atoms with Crippen molar-refractivity contribution in [2.45, 2.75) is 58.3 Å². The van der Waals surface area contributed by atoms with Gasteiger partial charge in [0.25, 0.3) is 0 Å². The molecular weight excluding hydrogens is 280 g/mol. The molecule has 0 aromatic rings. The molecule has 0 heterocycles. The summed E-state index contributed by atoms with van der Waals surface area (Å²) in [4.78, 5) is 11.3. The zero-order chi connectivity index (χ0) is 12.9. The first-order valence-electron chi connectivity index (χ1n) is 6.59. The van der Waals surface area contributed by atoms with Gasteiger partial charge in [0.05, 0.1) is 13.0 Å². The van der Waals surface area contributed by atoms with Crippen LogP contribution in [-0.4, -0.2) is 17.9 Å². The van der Waals surface area contributed by atoms with Crippen LogP contribution in [0.4, 0.5) is 0 Å². The van der Waals surface area contributed by atoms with Gasteiger partial charge < -0.3 is 4.74 Å². The van der Waals surface area contributed by atoms with Crippen molar-refractivity contribution in [2.75, 3.05) is 11.9 Å². The molecule has 0 atom stereocenters. The first kappa shape index (κ1) is 16.7. The summed E-state index contributed by atoms with van der Waals surface area (Å²) in [6.07, 6.45) is 8.45. The molecule has 0 spiro atoms. The summed E-state index contributed by atoms with van der Waals surface area (Å²) in [7, 11) is 0. The molecule has 0 fully saturated rings. The Kier molecular flexibility index (Phi) is 11.9. The van der Waals surface area contributed by atoms with Crippen LogP contribution in [-0.2, 0) is 9.53 Å². The molecule has 0 amide bonds. The second kappa shape index (κ2) is 12.2. The van der Waals surface area contributed by atoms with Gasteiger partial charge in [-0.1, -0.05) is 60.7 Å². The molecule has 0 radical (unpaired) electrons. The van der Waals surface area contributed by atoms with Crippen LogP contribution in [0.2, 0.25) is 0 Å². The highest BCUT2D eigenvalue weighted by Crippen LogP contribution is 2.08. The van der Waals surface area contributed by atoms with Crippen LogP contribution in [0.1, 0.15) is 58.3 Å². The number of hydrogen-bond donors (Lipinski definition) is 0. The fourth-order valence-electron chi connectivity index (χ4n) is 1.47. The minimum atomic E-state index is -0.129. The predicted molar refractivity (Wildman–Crippen MR) is 76.5 cm³/mol. The Morgan fingerprint density at radius 2 is 1.71 bits per heavy atom. The Balaban J connectivity index is 3.22. The van der Waals surface area contributed by atoms with Crippen molar-refractivity contribution in [3.8, 4) is 0 Å². The van der Waals surface area contributed by atoms with E-state index >= 15 is 0 Å². The van der Waals surface area contributed by atoms with Gasteiger partial charge in [0, 0.05) is 5.33 Å². The molecule has 0 aromatic heterocycles. The molecule has 100 valence electrons. The molecule has 3 heteroatoms. The van der Waals surface area contributed by atoms with Crippen molar-refractivity contribution in [1.82, 2.24) is 0 Å². The third-order valence-corrected chi connectivity index (χ3v) is 3.25. The average molecular weight is 305 g/mol. The molecule has 0 bridgehead atoms. The smallest absolute Gasteiger partial charge is 0.309 e. The van der Waals surface area contributed by atoms with Crippen LogP contribution in [0.5, 0.6) is 0 Å². The van der Waals surface area contributed by atoms with Gasteiger partial charge in [-0.25, -0.2) is 0 Å². The third-order valence-electron chi connectivity index (χ3n) is 2.69. The lowest BCUT2D eigenvalue weighted by molar-refractivity contribution is -0.142. The zero-order valence-electron chi connectivity index (χ0n) is 11.0. The number of ether oxygens (including phenoxy) is 1. The molecule has 0 aliphatic rings. The molecule has 0 unspecified atom stereocenters. The van der Waals surface area contributed by atoms with Gasteiger partial charge in [-0.05, 0) is 19.3 Å². The van der Waals surface area contributed by atoms with Gasteiger partial charge >= 0.3 is 5.97 Å². The Morgan fingerprint density at radius 1 is 1.12 bits per heavy atom. The summed E-state index contributed by atoms with van der Waals surface area (Å²) in [5.41, 5.74) is 0.949. The lowest BCUT2D eigenvalue weighted by Gasteiger charge is -2.05. The van der Waals surface area contributed by atoms with E-state index in [0.717, 1.165) is 30.2 Å². The molecule has 0 saturated heterocycles. The van der Waals surface area contributed by atoms with Gasteiger partial charge in [-0.2, -0.15) is 0 Å². The first-order valence-corrected chi connectivity index (χ1v) is 7.71. The van der Waals surface area contributed by atoms with Crippen molar-refractivity contribution in [1.29, 1.82) is 0 Å². The van der Waals surface area contributed by atoms with Crippen molar-refractivity contribution in [3.05, 3.63) is 12.2 Å². The summed E-state index contributed by atoms with van der Waals surface area (Å²) < 4.78 is 5.13. The second-order valence-corrected chi connectivity index (χ2v) is 5.10. The lowest BCUT2D eigenvalue weighted by atomic mass is 10.1. The molecular formula is C14H25BrO2. The fraction of sp³-hybridized carbons (Fsp3) is 0.786. The Labute approximate surface area is 114 Å². The van der Waals surface area contributed by atoms with Crippen molar-refractivity contribution in [2.24, 2.45) is 0 Å². The number of hydrogen-bond acceptors (Lipinski definition) is 2. The highest BCUT2D eigenvalue weighted by atomic mass is 79.9. The van der Waals surface area contributed by atoms with Crippen LogP contribution in [0.25, 0.3) is 0 Å². The Hall–Kier alpha value is -0.310. The van der Waals surface area contributed by atoms with Crippen LogP contribution in [0.3, 0.4) is 0 Å². The maximum absolute atomic E-state index is 11.3. The minimum Gasteiger partial charge on any atom is -0.465 e. The molecule has 0 aliphatic carbocycles. The molecule has 2 nitrogen and oxygen atoms in total. The van der Waals surface area contributed by atoms with Gasteiger partial charge in [-0.3, -0.25) is 4.79 Å². The Bertz CT molecular complexity index is 214. The Morgan fingerprint density at radius 3 is 2.29 bits per heavy atom. The maximum Gasteiger partial charge on any atom is 0.309 e. The number of carbonyl (C=O) groups excluding carboxylic acids is 1. The number of alkyl halides is 1. The van der Waals surface area contributed by atoms with Crippen molar-refractivity contribution >= 4 is 21.9 Å². The maximum atomic E-state index is 11.3. The van der Waals surface area contributed by atoms with Crippen LogP contribution >= 0.6 is 15.9 Å². The van der Waals surface area contributed by atoms with E-state index in [2.05, 4.69) is 22.5 Å². The minimum absolute atomic E-state index is 0.129. The summed E-state index contributed by atoms with van der Waals surface area (Å²) in [6, 6.07) is 0. The molecule has 0 aromatic carbocycles. The van der Waals surface area contributed by atoms with E-state index in [4.69, 9.17) is 4.74 Å². The third kappa shape index (κ3) is 11.9. The van der Waals surface area contributed by atoms with E-state index in [1.807, 2.05) is 6.92 Å². The number of rotatable bonds is 11. The van der Waals surface area contributed by atoms with Crippen LogP contribution in [0.15, 0.2) is 12.2 Å². The van der Waals surface area contributed by atoms with E-state index in [0.29, 0.717) is 13.0 Å². The van der Waals surface area contributed by atoms with E-state index in [1.165, 1.54) is 25.7 Å². The topological polar surface area (TPSA) is 26.3 Å². The van der Waals surface area contributed by atoms with Gasteiger partial charge in [0.1, 0.15) is 0 Å². The van der Waals surface area contributed by atoms with E-state index in [-0.39, 0.29) is 5.97 Å². The monoisotopic (exact) mass is 304 g/mol. The van der Waals surface area contributed by atoms with Gasteiger partial charge in [0.15, 0.2) is 0 Å². The van der Waals surface area contributed by atoms with Crippen molar-refractivity contribution in [3.63, 3.8) is 0 Å². The van der Waals surface area contributed by atoms with E-state index in [9.17, 15) is 4.79 Å². The quantitative estimate of drug-likeness (QED) is 0.241. The van der Waals surface area contributed by atoms with E-state index < -0.39 is 0 Å². The lowest BCUT2D eigenvalue weighted by Crippen LogP contribution is -2.06. The zero-order valence-corrected chi connectivity index (χ0v) is 12.6. The SMILES string of the molecule is C=C(CC)CC(=O)OCCCCCCCCBr. The van der Waals surface area contributed by atoms with Gasteiger partial charge in [0.2, 0.25) is 0 Å². The van der Waals surface area contributed by atoms with Gasteiger partial charge in [-0.15, -0.1) is 0 Å². The van der Waals surface area contributed by atoms with Crippen LogP contribution < -0.4 is 0 Å². The molecule has 0 rings (SSSR count). The summed E-state index contributed by atoms with van der Waals surface area (Å²) in [5, 5.41) is 1.10. The number of esters is 1. The summed E-state index contributed by atoms with van der Waals surface area (Å²) in [5.74, 6) is -0.129. The van der Waals surface area contributed by atoms with Crippen molar-refractivity contribution < 1.29 is 9.53 Å². The first-order chi connectivity index (χ1) is 8.20. The number of unbranched alkanes of at least 4 members (excludes halogenated alkanes) is 5. The molecule has 0 saturated carbocycles. The molecule has 0 N–H and O–H groups in total. The number of carbonyl (C=O) groups is 1. The fourth-order valence-corrected chi connectivity index (χ4v) is 1.87.